The topological polar surface area (TPSA) is 67.2 Å². The summed E-state index contributed by atoms with van der Waals surface area (Å²) in [7, 11) is 1.54. The molecule has 0 spiro atoms. The summed E-state index contributed by atoms with van der Waals surface area (Å²) in [4.78, 5) is 11.6. The molecule has 1 heterocycles. The first-order valence-electron chi connectivity index (χ1n) is 5.68. The number of carbonyl (C=O) groups is 1. The van der Waals surface area contributed by atoms with Crippen molar-refractivity contribution in [1.82, 2.24) is 9.78 Å². The van der Waals surface area contributed by atoms with Crippen molar-refractivity contribution >= 4 is 11.7 Å². The Balaban J connectivity index is 2.14. The van der Waals surface area contributed by atoms with Gasteiger partial charge in [0, 0.05) is 13.1 Å². The number of alkyl halides is 2. The average Bonchev–Trinajstić information content (AvgIpc) is 2.53. The Kier molecular flexibility index (Phi) is 2.89. The number of nitrogens with zero attached hydrogens (tertiary/aromatic N) is 2. The Morgan fingerprint density at radius 3 is 2.61 bits per heavy atom. The molecule has 0 bridgehead atoms. The number of aromatic nitrogens is 2. The largest absolute Gasteiger partial charge is 0.383 e. The number of hydrogen-bond acceptors (Lipinski definition) is 3. The highest BCUT2D eigenvalue weighted by molar-refractivity contribution is 5.96. The summed E-state index contributed by atoms with van der Waals surface area (Å²) in [6, 6.07) is 1.48. The lowest BCUT2D eigenvalue weighted by molar-refractivity contribution is -0.212. The number of amides is 1. The summed E-state index contributed by atoms with van der Waals surface area (Å²) in [6.45, 7) is 1.69. The first-order valence-corrected chi connectivity index (χ1v) is 5.68. The Morgan fingerprint density at radius 2 is 2.22 bits per heavy atom. The van der Waals surface area contributed by atoms with Crippen molar-refractivity contribution in [1.29, 1.82) is 0 Å². The standard InChI is InChI=1S/C11H15F2N3O2/c1-7-6-8(16(2)15-7)14-9(17)11(12,13)10(18)4-3-5-10/h6,18H,3-5H2,1-2H3,(H,14,17). The van der Waals surface area contributed by atoms with Crippen molar-refractivity contribution in [3.05, 3.63) is 11.8 Å². The average molecular weight is 259 g/mol. The molecule has 1 aliphatic carbocycles. The minimum absolute atomic E-state index is 0.0577. The van der Waals surface area contributed by atoms with Crippen molar-refractivity contribution in [2.75, 3.05) is 5.32 Å². The number of nitrogens with one attached hydrogen (secondary N) is 1. The summed E-state index contributed by atoms with van der Waals surface area (Å²) < 4.78 is 28.9. The summed E-state index contributed by atoms with van der Waals surface area (Å²) in [5.41, 5.74) is -1.59. The van der Waals surface area contributed by atoms with Crippen LogP contribution in [0.25, 0.3) is 0 Å². The second-order valence-corrected chi connectivity index (χ2v) is 4.71. The fourth-order valence-electron chi connectivity index (χ4n) is 1.96. The van der Waals surface area contributed by atoms with Crippen molar-refractivity contribution in [2.24, 2.45) is 7.05 Å². The fourth-order valence-corrected chi connectivity index (χ4v) is 1.96. The maximum Gasteiger partial charge on any atom is 0.352 e. The first kappa shape index (κ1) is 12.9. The molecule has 0 radical (unpaired) electrons. The van der Waals surface area contributed by atoms with Gasteiger partial charge in [-0.15, -0.1) is 0 Å². The molecule has 0 aliphatic heterocycles. The third-order valence-electron chi connectivity index (χ3n) is 3.29. The van der Waals surface area contributed by atoms with Crippen LogP contribution in [0.5, 0.6) is 0 Å². The predicted molar refractivity (Wildman–Crippen MR) is 60.3 cm³/mol. The number of carbonyl (C=O) groups excluding carboxylic acids is 1. The molecule has 1 fully saturated rings. The van der Waals surface area contributed by atoms with E-state index in [1.807, 2.05) is 0 Å². The summed E-state index contributed by atoms with van der Waals surface area (Å²) in [5, 5.41) is 15.7. The van der Waals surface area contributed by atoms with E-state index < -0.39 is 17.4 Å². The quantitative estimate of drug-likeness (QED) is 0.857. The molecule has 0 unspecified atom stereocenters. The molecule has 1 amide bonds. The molecule has 7 heteroatoms. The second-order valence-electron chi connectivity index (χ2n) is 4.71. The maximum atomic E-state index is 13.8. The molecule has 0 aromatic carbocycles. The number of halogens is 2. The molecule has 1 aliphatic rings. The van der Waals surface area contributed by atoms with Gasteiger partial charge in [0.15, 0.2) is 0 Å². The number of anilines is 1. The third kappa shape index (κ3) is 1.88. The van der Waals surface area contributed by atoms with Crippen LogP contribution < -0.4 is 5.32 Å². The van der Waals surface area contributed by atoms with Crippen LogP contribution in [0, 0.1) is 6.92 Å². The zero-order chi connectivity index (χ0) is 13.6. The molecule has 2 rings (SSSR count). The monoisotopic (exact) mass is 259 g/mol. The van der Waals surface area contributed by atoms with Gasteiger partial charge >= 0.3 is 5.92 Å². The van der Waals surface area contributed by atoms with Gasteiger partial charge in [0.05, 0.1) is 5.69 Å². The molecule has 1 aromatic rings. The lowest BCUT2D eigenvalue weighted by atomic mass is 9.75. The van der Waals surface area contributed by atoms with Gasteiger partial charge in [0.2, 0.25) is 0 Å². The summed E-state index contributed by atoms with van der Waals surface area (Å²) >= 11 is 0. The molecular weight excluding hydrogens is 244 g/mol. The Hall–Kier alpha value is -1.50. The van der Waals surface area contributed by atoms with Gasteiger partial charge < -0.3 is 10.4 Å². The molecule has 0 atom stereocenters. The minimum atomic E-state index is -3.79. The Morgan fingerprint density at radius 1 is 1.61 bits per heavy atom. The smallest absolute Gasteiger partial charge is 0.352 e. The van der Waals surface area contributed by atoms with E-state index in [2.05, 4.69) is 10.4 Å². The van der Waals surface area contributed by atoms with E-state index in [-0.39, 0.29) is 18.7 Å². The van der Waals surface area contributed by atoms with Gasteiger partial charge in [-0.1, -0.05) is 0 Å². The van der Waals surface area contributed by atoms with E-state index in [4.69, 9.17) is 0 Å². The highest BCUT2D eigenvalue weighted by Crippen LogP contribution is 2.44. The van der Waals surface area contributed by atoms with E-state index in [9.17, 15) is 18.7 Å². The molecule has 2 N–H and O–H groups in total. The van der Waals surface area contributed by atoms with Gasteiger partial charge in [0.1, 0.15) is 11.4 Å². The Labute approximate surface area is 103 Å². The molecule has 100 valence electrons. The molecular formula is C11H15F2N3O2. The summed E-state index contributed by atoms with van der Waals surface area (Å²) in [5.74, 6) is -5.10. The van der Waals surface area contributed by atoms with Crippen LogP contribution in [0.4, 0.5) is 14.6 Å². The highest BCUT2D eigenvalue weighted by Gasteiger charge is 2.61. The first-order chi connectivity index (χ1) is 8.26. The minimum Gasteiger partial charge on any atom is -0.383 e. The van der Waals surface area contributed by atoms with Gasteiger partial charge in [-0.2, -0.15) is 13.9 Å². The number of aryl methyl sites for hydroxylation is 2. The van der Waals surface area contributed by atoms with E-state index in [1.165, 1.54) is 10.7 Å². The molecule has 1 aromatic heterocycles. The predicted octanol–water partition coefficient (Wildman–Crippen LogP) is 1.22. The van der Waals surface area contributed by atoms with Crippen molar-refractivity contribution < 1.29 is 18.7 Å². The van der Waals surface area contributed by atoms with Gasteiger partial charge in [0.25, 0.3) is 5.91 Å². The van der Waals surface area contributed by atoms with Crippen molar-refractivity contribution in [3.8, 4) is 0 Å². The van der Waals surface area contributed by atoms with Gasteiger partial charge in [-0.25, -0.2) is 0 Å². The lowest BCUT2D eigenvalue weighted by Gasteiger charge is -2.41. The van der Waals surface area contributed by atoms with E-state index in [1.54, 1.807) is 14.0 Å². The SMILES string of the molecule is Cc1cc(NC(=O)C(F)(F)C2(O)CCC2)n(C)n1. The third-order valence-corrected chi connectivity index (χ3v) is 3.29. The fraction of sp³-hybridized carbons (Fsp3) is 0.636. The molecule has 0 saturated heterocycles. The molecule has 5 nitrogen and oxygen atoms in total. The van der Waals surface area contributed by atoms with Crippen LogP contribution in [-0.4, -0.2) is 32.3 Å². The highest BCUT2D eigenvalue weighted by atomic mass is 19.3. The number of hydrogen-bond donors (Lipinski definition) is 2. The van der Waals surface area contributed by atoms with Gasteiger partial charge in [-0.3, -0.25) is 9.48 Å². The van der Waals surface area contributed by atoms with Crippen molar-refractivity contribution in [3.63, 3.8) is 0 Å². The molecule has 18 heavy (non-hydrogen) atoms. The number of aliphatic hydroxyl groups is 1. The zero-order valence-corrected chi connectivity index (χ0v) is 10.2. The molecule has 1 saturated carbocycles. The van der Waals surface area contributed by atoms with Gasteiger partial charge in [-0.05, 0) is 26.2 Å². The second kappa shape index (κ2) is 4.01. The van der Waals surface area contributed by atoms with Crippen LogP contribution >= 0.6 is 0 Å². The zero-order valence-electron chi connectivity index (χ0n) is 10.2. The van der Waals surface area contributed by atoms with E-state index in [0.717, 1.165) is 0 Å². The van der Waals surface area contributed by atoms with Crippen LogP contribution in [0.3, 0.4) is 0 Å². The van der Waals surface area contributed by atoms with Crippen LogP contribution in [0.2, 0.25) is 0 Å². The van der Waals surface area contributed by atoms with Crippen LogP contribution in [0.1, 0.15) is 25.0 Å². The van der Waals surface area contributed by atoms with E-state index in [0.29, 0.717) is 12.1 Å². The maximum absolute atomic E-state index is 13.8. The summed E-state index contributed by atoms with van der Waals surface area (Å²) in [6.07, 6.45) is 0.389. The van der Waals surface area contributed by atoms with Crippen LogP contribution in [-0.2, 0) is 11.8 Å². The normalized spacial score (nSPS) is 18.3. The number of rotatable bonds is 3. The van der Waals surface area contributed by atoms with Crippen LogP contribution in [0.15, 0.2) is 6.07 Å². The van der Waals surface area contributed by atoms with E-state index >= 15 is 0 Å². The van der Waals surface area contributed by atoms with Crippen molar-refractivity contribution in [2.45, 2.75) is 37.7 Å². The Bertz CT molecular complexity index is 481. The lowest BCUT2D eigenvalue weighted by Crippen LogP contribution is -2.59.